The van der Waals surface area contributed by atoms with Crippen molar-refractivity contribution >= 4 is 6.09 Å². The molecule has 13 heavy (non-hydrogen) atoms. The van der Waals surface area contributed by atoms with Crippen molar-refractivity contribution in [3.05, 3.63) is 0 Å². The van der Waals surface area contributed by atoms with E-state index in [-0.39, 0.29) is 13.2 Å². The molecule has 0 aromatic heterocycles. The van der Waals surface area contributed by atoms with Gasteiger partial charge >= 0.3 is 6.09 Å². The van der Waals surface area contributed by atoms with Gasteiger partial charge in [0.2, 0.25) is 0 Å². The average molecular weight is 190 g/mol. The van der Waals surface area contributed by atoms with Gasteiger partial charge in [-0.05, 0) is 20.8 Å². The van der Waals surface area contributed by atoms with Crippen molar-refractivity contribution in [3.63, 3.8) is 0 Å². The first-order valence-corrected chi connectivity index (χ1v) is 4.18. The summed E-state index contributed by atoms with van der Waals surface area (Å²) in [4.78, 5) is 11.0. The van der Waals surface area contributed by atoms with E-state index in [1.54, 1.807) is 20.8 Å². The largest absolute Gasteiger partial charge is 0.444 e. The molecule has 0 fully saturated rings. The number of carbonyl (C=O) groups excluding carboxylic acids is 1. The van der Waals surface area contributed by atoms with Gasteiger partial charge in [-0.2, -0.15) is 0 Å². The summed E-state index contributed by atoms with van der Waals surface area (Å²) in [5, 5.41) is 11.0. The predicted octanol–water partition coefficient (Wildman–Crippen LogP) is -0.169. The highest BCUT2D eigenvalue weighted by molar-refractivity contribution is 5.67. The van der Waals surface area contributed by atoms with E-state index in [1.165, 1.54) is 0 Å². The highest BCUT2D eigenvalue weighted by atomic mass is 16.6. The molecular formula is C8H18N2O3. The highest BCUT2D eigenvalue weighted by Gasteiger charge is 2.16. The van der Waals surface area contributed by atoms with E-state index in [4.69, 9.17) is 15.6 Å². The fraction of sp³-hybridized carbons (Fsp3) is 0.875. The molecule has 1 atom stereocenters. The molecule has 0 bridgehead atoms. The number of carbonyl (C=O) groups is 1. The van der Waals surface area contributed by atoms with Crippen LogP contribution in [0.3, 0.4) is 0 Å². The summed E-state index contributed by atoms with van der Waals surface area (Å²) in [7, 11) is 0. The lowest BCUT2D eigenvalue weighted by atomic mass is 10.2. The smallest absolute Gasteiger partial charge is 0.407 e. The maximum absolute atomic E-state index is 11.0. The molecule has 5 heteroatoms. The Balaban J connectivity index is 3.64. The average Bonchev–Trinajstić information content (AvgIpc) is 1.97. The summed E-state index contributed by atoms with van der Waals surface area (Å²) in [6, 6.07) is -0.437. The minimum absolute atomic E-state index is 0.157. The zero-order chi connectivity index (χ0) is 10.5. The molecule has 0 saturated carbocycles. The number of amides is 1. The maximum atomic E-state index is 11.0. The van der Waals surface area contributed by atoms with Gasteiger partial charge in [-0.25, -0.2) is 4.79 Å². The first kappa shape index (κ1) is 12.2. The third kappa shape index (κ3) is 7.55. The van der Waals surface area contributed by atoms with Crippen molar-refractivity contribution in [1.29, 1.82) is 0 Å². The van der Waals surface area contributed by atoms with Gasteiger partial charge in [0.05, 0.1) is 6.61 Å². The molecule has 1 amide bonds. The lowest BCUT2D eigenvalue weighted by Gasteiger charge is -2.20. The van der Waals surface area contributed by atoms with Crippen LogP contribution in [0.2, 0.25) is 0 Å². The lowest BCUT2D eigenvalue weighted by molar-refractivity contribution is 0.0521. The number of aliphatic hydroxyl groups is 1. The summed E-state index contributed by atoms with van der Waals surface area (Å²) in [6.45, 7) is 5.39. The molecule has 0 spiro atoms. The quantitative estimate of drug-likeness (QED) is 0.577. The number of nitrogens with two attached hydrogens (primary N) is 1. The predicted molar refractivity (Wildman–Crippen MR) is 49.3 cm³/mol. The van der Waals surface area contributed by atoms with Gasteiger partial charge in [0.15, 0.2) is 0 Å². The SMILES string of the molecule is CC(C)(C)OC(=O)NC[C@H](N)CO. The molecule has 0 aromatic rings. The Morgan fingerprint density at radius 2 is 2.15 bits per heavy atom. The fourth-order valence-corrected chi connectivity index (χ4v) is 0.593. The second-order valence-corrected chi connectivity index (χ2v) is 3.83. The summed E-state index contributed by atoms with van der Waals surface area (Å²) in [5.74, 6) is 0. The summed E-state index contributed by atoms with van der Waals surface area (Å²) in [5.41, 5.74) is 4.86. The van der Waals surface area contributed by atoms with E-state index in [0.29, 0.717) is 0 Å². The molecule has 4 N–H and O–H groups in total. The van der Waals surface area contributed by atoms with Crippen LogP contribution in [-0.4, -0.2) is 36.0 Å². The van der Waals surface area contributed by atoms with E-state index in [1.807, 2.05) is 0 Å². The van der Waals surface area contributed by atoms with Crippen molar-refractivity contribution in [1.82, 2.24) is 5.32 Å². The topological polar surface area (TPSA) is 84.6 Å². The number of alkyl carbamates (subject to hydrolysis) is 1. The standard InChI is InChI=1S/C8H18N2O3/c1-8(2,3)13-7(12)10-4-6(9)5-11/h6,11H,4-5,9H2,1-3H3,(H,10,12)/t6-/m0/s1. The van der Waals surface area contributed by atoms with E-state index in [0.717, 1.165) is 0 Å². The molecule has 0 radical (unpaired) electrons. The number of aliphatic hydroxyl groups excluding tert-OH is 1. The van der Waals surface area contributed by atoms with E-state index in [2.05, 4.69) is 5.32 Å². The first-order chi connectivity index (χ1) is 5.85. The maximum Gasteiger partial charge on any atom is 0.407 e. The van der Waals surface area contributed by atoms with Gasteiger partial charge in [-0.1, -0.05) is 0 Å². The van der Waals surface area contributed by atoms with Crippen molar-refractivity contribution in [3.8, 4) is 0 Å². The molecule has 0 aromatic carbocycles. The van der Waals surface area contributed by atoms with Crippen molar-refractivity contribution in [2.24, 2.45) is 5.73 Å². The second-order valence-electron chi connectivity index (χ2n) is 3.83. The number of hydrogen-bond acceptors (Lipinski definition) is 4. The van der Waals surface area contributed by atoms with Crippen LogP contribution in [0.15, 0.2) is 0 Å². The van der Waals surface area contributed by atoms with Gasteiger partial charge in [0.1, 0.15) is 5.60 Å². The second kappa shape index (κ2) is 5.04. The zero-order valence-electron chi connectivity index (χ0n) is 8.33. The van der Waals surface area contributed by atoms with Gasteiger partial charge in [-0.15, -0.1) is 0 Å². The summed E-state index contributed by atoms with van der Waals surface area (Å²) < 4.78 is 4.95. The molecule has 5 nitrogen and oxygen atoms in total. The van der Waals surface area contributed by atoms with Gasteiger partial charge < -0.3 is 20.9 Å². The fourth-order valence-electron chi connectivity index (χ4n) is 0.593. The Hall–Kier alpha value is -0.810. The van der Waals surface area contributed by atoms with Crippen LogP contribution < -0.4 is 11.1 Å². The molecule has 0 aliphatic carbocycles. The third-order valence-corrected chi connectivity index (χ3v) is 1.14. The van der Waals surface area contributed by atoms with E-state index < -0.39 is 17.7 Å². The molecule has 0 aliphatic rings. The third-order valence-electron chi connectivity index (χ3n) is 1.14. The van der Waals surface area contributed by atoms with Gasteiger partial charge in [0, 0.05) is 12.6 Å². The van der Waals surface area contributed by atoms with Gasteiger partial charge in [-0.3, -0.25) is 0 Å². The number of ether oxygens (including phenoxy) is 1. The molecule has 0 aliphatic heterocycles. The Morgan fingerprint density at radius 3 is 2.54 bits per heavy atom. The van der Waals surface area contributed by atoms with Crippen molar-refractivity contribution in [2.75, 3.05) is 13.2 Å². The van der Waals surface area contributed by atoms with Gasteiger partial charge in [0.25, 0.3) is 0 Å². The number of nitrogens with one attached hydrogen (secondary N) is 1. The Kier molecular flexibility index (Phi) is 4.72. The number of hydrogen-bond donors (Lipinski definition) is 3. The Labute approximate surface area is 78.3 Å². The molecule has 0 saturated heterocycles. The van der Waals surface area contributed by atoms with Crippen LogP contribution in [0, 0.1) is 0 Å². The molecule has 0 rings (SSSR count). The molecular weight excluding hydrogens is 172 g/mol. The molecule has 78 valence electrons. The van der Waals surface area contributed by atoms with Crippen LogP contribution in [-0.2, 0) is 4.74 Å². The van der Waals surface area contributed by atoms with Crippen LogP contribution in [0.4, 0.5) is 4.79 Å². The van der Waals surface area contributed by atoms with Crippen LogP contribution in [0.25, 0.3) is 0 Å². The Morgan fingerprint density at radius 1 is 1.62 bits per heavy atom. The summed E-state index contributed by atoms with van der Waals surface area (Å²) >= 11 is 0. The van der Waals surface area contributed by atoms with E-state index >= 15 is 0 Å². The van der Waals surface area contributed by atoms with Crippen LogP contribution in [0.1, 0.15) is 20.8 Å². The minimum Gasteiger partial charge on any atom is -0.444 e. The van der Waals surface area contributed by atoms with E-state index in [9.17, 15) is 4.79 Å². The van der Waals surface area contributed by atoms with Crippen LogP contribution >= 0.6 is 0 Å². The summed E-state index contributed by atoms with van der Waals surface area (Å²) in [6.07, 6.45) is -0.517. The minimum atomic E-state index is -0.517. The number of rotatable bonds is 3. The highest BCUT2D eigenvalue weighted by Crippen LogP contribution is 2.05. The lowest BCUT2D eigenvalue weighted by Crippen LogP contribution is -2.41. The normalized spacial score (nSPS) is 13.6. The zero-order valence-corrected chi connectivity index (χ0v) is 8.33. The van der Waals surface area contributed by atoms with Crippen LogP contribution in [0.5, 0.6) is 0 Å². The Bertz CT molecular complexity index is 165. The first-order valence-electron chi connectivity index (χ1n) is 4.18. The molecule has 0 heterocycles. The monoisotopic (exact) mass is 190 g/mol. The van der Waals surface area contributed by atoms with Crippen molar-refractivity contribution < 1.29 is 14.6 Å². The van der Waals surface area contributed by atoms with Crippen molar-refractivity contribution in [2.45, 2.75) is 32.4 Å². The molecule has 0 unspecified atom stereocenters.